The monoisotopic (exact) mass is 416 g/mol. The zero-order valence-electron chi connectivity index (χ0n) is 17.5. The molecular weight excluding hydrogens is 392 g/mol. The van der Waals surface area contributed by atoms with Gasteiger partial charge in [-0.3, -0.25) is 19.6 Å². The number of primary amides is 1. The van der Waals surface area contributed by atoms with E-state index in [1.165, 1.54) is 0 Å². The fourth-order valence-electron chi connectivity index (χ4n) is 4.28. The van der Waals surface area contributed by atoms with Gasteiger partial charge >= 0.3 is 0 Å². The van der Waals surface area contributed by atoms with E-state index in [-0.39, 0.29) is 11.9 Å². The molecule has 3 aromatic rings. The number of aromatic nitrogens is 2. The molecule has 0 aliphatic heterocycles. The molecule has 4 rings (SSSR count). The first-order valence-corrected chi connectivity index (χ1v) is 10.1. The summed E-state index contributed by atoms with van der Waals surface area (Å²) in [4.78, 5) is 36.5. The van der Waals surface area contributed by atoms with Gasteiger partial charge in [-0.2, -0.15) is 0 Å². The van der Waals surface area contributed by atoms with Crippen molar-refractivity contribution in [1.82, 2.24) is 14.9 Å². The van der Waals surface area contributed by atoms with Crippen LogP contribution in [0.3, 0.4) is 0 Å². The second kappa shape index (κ2) is 8.55. The summed E-state index contributed by atoms with van der Waals surface area (Å²) in [5.41, 5.74) is 9.57. The van der Waals surface area contributed by atoms with Crippen molar-refractivity contribution in [1.29, 1.82) is 0 Å². The van der Waals surface area contributed by atoms with Crippen LogP contribution in [0.5, 0.6) is 5.75 Å². The highest BCUT2D eigenvalue weighted by molar-refractivity contribution is 5.98. The summed E-state index contributed by atoms with van der Waals surface area (Å²) in [5.74, 6) is -0.129. The molecule has 7 heteroatoms. The minimum absolute atomic E-state index is 0.285. The van der Waals surface area contributed by atoms with E-state index in [4.69, 9.17) is 10.5 Å². The Kier molecular flexibility index (Phi) is 5.66. The largest absolute Gasteiger partial charge is 0.497 e. The van der Waals surface area contributed by atoms with Crippen LogP contribution in [0.4, 0.5) is 0 Å². The molecule has 7 nitrogen and oxygen atoms in total. The fraction of sp³-hybridized carbons (Fsp3) is 0.250. The zero-order valence-corrected chi connectivity index (χ0v) is 17.5. The number of aryl methyl sites for hydroxylation is 2. The van der Waals surface area contributed by atoms with E-state index in [1.54, 1.807) is 61.8 Å². The topological polar surface area (TPSA) is 98.4 Å². The van der Waals surface area contributed by atoms with Crippen LogP contribution in [0.25, 0.3) is 0 Å². The van der Waals surface area contributed by atoms with Gasteiger partial charge in [-0.1, -0.05) is 12.1 Å². The second-order valence-corrected chi connectivity index (χ2v) is 7.56. The van der Waals surface area contributed by atoms with Crippen molar-refractivity contribution in [3.05, 3.63) is 89.0 Å². The molecule has 158 valence electrons. The third-order valence-corrected chi connectivity index (χ3v) is 5.75. The van der Waals surface area contributed by atoms with Crippen molar-refractivity contribution >= 4 is 11.8 Å². The first kappa shape index (κ1) is 20.5. The van der Waals surface area contributed by atoms with Crippen LogP contribution >= 0.6 is 0 Å². The minimum atomic E-state index is -0.959. The predicted octanol–water partition coefficient (Wildman–Crippen LogP) is 3.15. The maximum Gasteiger partial charge on any atom is 0.257 e. The summed E-state index contributed by atoms with van der Waals surface area (Å²) in [5, 5.41) is 0. The van der Waals surface area contributed by atoms with Crippen molar-refractivity contribution in [2.24, 2.45) is 5.73 Å². The van der Waals surface area contributed by atoms with Crippen molar-refractivity contribution in [2.45, 2.75) is 31.8 Å². The molecule has 0 spiro atoms. The summed E-state index contributed by atoms with van der Waals surface area (Å²) < 4.78 is 5.35. The van der Waals surface area contributed by atoms with Crippen LogP contribution in [0.1, 0.15) is 51.2 Å². The van der Waals surface area contributed by atoms with Crippen LogP contribution in [-0.2, 0) is 11.2 Å². The maximum absolute atomic E-state index is 13.8. The van der Waals surface area contributed by atoms with Gasteiger partial charge in [0.05, 0.1) is 18.7 Å². The van der Waals surface area contributed by atoms with Gasteiger partial charge in [0.15, 0.2) is 0 Å². The van der Waals surface area contributed by atoms with E-state index in [0.717, 1.165) is 23.3 Å². The van der Waals surface area contributed by atoms with E-state index in [2.05, 4.69) is 9.97 Å². The third kappa shape index (κ3) is 3.86. The van der Waals surface area contributed by atoms with E-state index in [1.807, 2.05) is 18.2 Å². The van der Waals surface area contributed by atoms with Crippen LogP contribution in [0.2, 0.25) is 0 Å². The number of methoxy groups -OCH3 is 1. The lowest BCUT2D eigenvalue weighted by atomic mass is 9.98. The van der Waals surface area contributed by atoms with Crippen molar-refractivity contribution in [3.63, 3.8) is 0 Å². The normalized spacial score (nSPS) is 15.7. The molecule has 2 aromatic heterocycles. The predicted molar refractivity (Wildman–Crippen MR) is 115 cm³/mol. The summed E-state index contributed by atoms with van der Waals surface area (Å²) in [6.07, 6.45) is 6.29. The highest BCUT2D eigenvalue weighted by atomic mass is 16.5. The van der Waals surface area contributed by atoms with Gasteiger partial charge in [0, 0.05) is 29.8 Å². The Balaban J connectivity index is 1.86. The Morgan fingerprint density at radius 2 is 2.00 bits per heavy atom. The Hall–Kier alpha value is -3.74. The molecule has 0 saturated carbocycles. The number of rotatable bonds is 6. The highest BCUT2D eigenvalue weighted by Crippen LogP contribution is 2.42. The molecule has 1 aromatic carbocycles. The minimum Gasteiger partial charge on any atom is -0.497 e. The van der Waals surface area contributed by atoms with E-state index in [0.29, 0.717) is 23.2 Å². The van der Waals surface area contributed by atoms with Crippen LogP contribution in [0.15, 0.2) is 61.1 Å². The van der Waals surface area contributed by atoms with Gasteiger partial charge in [0.25, 0.3) is 5.91 Å². The van der Waals surface area contributed by atoms with E-state index in [9.17, 15) is 9.59 Å². The van der Waals surface area contributed by atoms with Crippen LogP contribution in [-0.4, -0.2) is 33.8 Å². The molecule has 2 heterocycles. The molecule has 2 amide bonds. The lowest BCUT2D eigenvalue weighted by Crippen LogP contribution is -2.43. The molecule has 0 unspecified atom stereocenters. The molecule has 2 N–H and O–H groups in total. The number of hydrogen-bond donors (Lipinski definition) is 1. The van der Waals surface area contributed by atoms with Crippen LogP contribution < -0.4 is 10.5 Å². The zero-order chi connectivity index (χ0) is 22.0. The fourth-order valence-corrected chi connectivity index (χ4v) is 4.28. The SMILES string of the molecule is COc1ccc2c(c1)CC[C@H]2N(C(=O)c1cccnc1C)[C@@H](C(N)=O)c1cccnc1. The number of nitrogens with two attached hydrogens (primary N) is 1. The lowest BCUT2D eigenvalue weighted by Gasteiger charge is -2.36. The molecule has 31 heavy (non-hydrogen) atoms. The maximum atomic E-state index is 13.8. The van der Waals surface area contributed by atoms with Crippen molar-refractivity contribution in [3.8, 4) is 5.75 Å². The first-order valence-electron chi connectivity index (χ1n) is 10.1. The lowest BCUT2D eigenvalue weighted by molar-refractivity contribution is -0.123. The molecule has 0 fully saturated rings. The van der Waals surface area contributed by atoms with Gasteiger partial charge in [-0.15, -0.1) is 0 Å². The smallest absolute Gasteiger partial charge is 0.257 e. The molecule has 0 saturated heterocycles. The van der Waals surface area contributed by atoms with Crippen molar-refractivity contribution < 1.29 is 14.3 Å². The molecular formula is C24H24N4O3. The van der Waals surface area contributed by atoms with Gasteiger partial charge in [-0.05, 0) is 61.2 Å². The number of carbonyl (C=O) groups excluding carboxylic acids is 2. The van der Waals surface area contributed by atoms with E-state index >= 15 is 0 Å². The number of hydrogen-bond acceptors (Lipinski definition) is 5. The molecule has 2 atom stereocenters. The summed E-state index contributed by atoms with van der Waals surface area (Å²) in [7, 11) is 1.63. The number of benzene rings is 1. The number of pyridine rings is 2. The summed E-state index contributed by atoms with van der Waals surface area (Å²) >= 11 is 0. The Morgan fingerprint density at radius 3 is 2.68 bits per heavy atom. The standard InChI is InChI=1S/C24H24N4O3/c1-15-19(6-4-12-27-15)24(30)28(22(23(25)29)17-5-3-11-26-14-17)21-10-7-16-13-18(31-2)8-9-20(16)21/h3-6,8-9,11-14,21-22H,7,10H2,1-2H3,(H2,25,29)/t21-,22-/m1/s1. The Labute approximate surface area is 180 Å². The van der Waals surface area contributed by atoms with Gasteiger partial charge in [0.1, 0.15) is 11.8 Å². The number of nitrogens with zero attached hydrogens (tertiary/aromatic N) is 3. The van der Waals surface area contributed by atoms with Gasteiger partial charge in [-0.25, -0.2) is 0 Å². The summed E-state index contributed by atoms with van der Waals surface area (Å²) in [6.45, 7) is 1.78. The average molecular weight is 416 g/mol. The quantitative estimate of drug-likeness (QED) is 0.666. The third-order valence-electron chi connectivity index (χ3n) is 5.75. The second-order valence-electron chi connectivity index (χ2n) is 7.56. The van der Waals surface area contributed by atoms with E-state index < -0.39 is 11.9 Å². The van der Waals surface area contributed by atoms with Crippen molar-refractivity contribution in [2.75, 3.05) is 7.11 Å². The molecule has 1 aliphatic rings. The number of fused-ring (bicyclic) bond motifs is 1. The number of carbonyl (C=O) groups is 2. The van der Waals surface area contributed by atoms with Gasteiger partial charge in [0.2, 0.25) is 5.91 Å². The molecule has 0 radical (unpaired) electrons. The average Bonchev–Trinajstić information content (AvgIpc) is 3.20. The number of amides is 2. The van der Waals surface area contributed by atoms with Crippen LogP contribution in [0, 0.1) is 6.92 Å². The Morgan fingerprint density at radius 1 is 1.19 bits per heavy atom. The summed E-state index contributed by atoms with van der Waals surface area (Å²) in [6, 6.07) is 11.5. The molecule has 1 aliphatic carbocycles. The highest BCUT2D eigenvalue weighted by Gasteiger charge is 2.40. The van der Waals surface area contributed by atoms with Gasteiger partial charge < -0.3 is 15.4 Å². The Bertz CT molecular complexity index is 1120. The first-order chi connectivity index (χ1) is 15.0. The molecule has 0 bridgehead atoms. The number of ether oxygens (including phenoxy) is 1.